The van der Waals surface area contributed by atoms with Gasteiger partial charge >= 0.3 is 5.91 Å². The lowest BCUT2D eigenvalue weighted by Crippen LogP contribution is -2.29. The molecule has 7 heteroatoms. The van der Waals surface area contributed by atoms with Crippen molar-refractivity contribution in [3.05, 3.63) is 94.6 Å². The Labute approximate surface area is 213 Å². The third-order valence-electron chi connectivity index (χ3n) is 6.48. The van der Waals surface area contributed by atoms with Crippen LogP contribution in [0.3, 0.4) is 0 Å². The summed E-state index contributed by atoms with van der Waals surface area (Å²) in [6.45, 7) is 6.16. The van der Waals surface area contributed by atoms with E-state index in [0.29, 0.717) is 27.9 Å². The highest BCUT2D eigenvalue weighted by molar-refractivity contribution is 7.22. The predicted molar refractivity (Wildman–Crippen MR) is 143 cm³/mol. The lowest BCUT2D eigenvalue weighted by Gasteiger charge is -2.23. The molecule has 1 atom stereocenters. The monoisotopic (exact) mass is 498 g/mol. The van der Waals surface area contributed by atoms with Gasteiger partial charge in [0.05, 0.1) is 28.9 Å². The van der Waals surface area contributed by atoms with Gasteiger partial charge in [0.15, 0.2) is 5.13 Å². The van der Waals surface area contributed by atoms with Gasteiger partial charge in [-0.15, -0.1) is 0 Å². The number of fused-ring (bicyclic) bond motifs is 1. The number of rotatable bonds is 5. The molecule has 1 fully saturated rings. The van der Waals surface area contributed by atoms with Crippen molar-refractivity contribution in [2.45, 2.75) is 32.7 Å². The SMILES string of the molecule is COc1ccc2nc(N3C(=O)C(=O)C(=C(O)c4ccc(C)cc4)[C@@H]3c3ccc(C(C)C)cc3)sc2c1. The van der Waals surface area contributed by atoms with Crippen molar-refractivity contribution in [1.82, 2.24) is 4.98 Å². The number of anilines is 1. The summed E-state index contributed by atoms with van der Waals surface area (Å²) < 4.78 is 6.16. The van der Waals surface area contributed by atoms with Gasteiger partial charge in [-0.25, -0.2) is 4.98 Å². The number of nitrogens with zero attached hydrogens (tertiary/aromatic N) is 2. The Morgan fingerprint density at radius 1 is 1.03 bits per heavy atom. The number of methoxy groups -OCH3 is 1. The maximum Gasteiger partial charge on any atom is 0.301 e. The molecule has 3 aromatic carbocycles. The molecule has 5 rings (SSSR count). The van der Waals surface area contributed by atoms with Crippen molar-refractivity contribution < 1.29 is 19.4 Å². The highest BCUT2D eigenvalue weighted by Gasteiger charge is 2.48. The summed E-state index contributed by atoms with van der Waals surface area (Å²) in [5.74, 6) is -0.635. The normalized spacial score (nSPS) is 17.4. The van der Waals surface area contributed by atoms with E-state index >= 15 is 0 Å². The van der Waals surface area contributed by atoms with E-state index in [4.69, 9.17) is 4.74 Å². The maximum atomic E-state index is 13.4. The number of carbonyl (C=O) groups is 2. The molecular weight excluding hydrogens is 472 g/mol. The quantitative estimate of drug-likeness (QED) is 0.197. The van der Waals surface area contributed by atoms with Gasteiger partial charge in [0.2, 0.25) is 0 Å². The molecule has 1 saturated heterocycles. The van der Waals surface area contributed by atoms with Gasteiger partial charge in [-0.3, -0.25) is 14.5 Å². The van der Waals surface area contributed by atoms with Gasteiger partial charge in [-0.05, 0) is 42.2 Å². The van der Waals surface area contributed by atoms with Gasteiger partial charge in [0, 0.05) is 5.56 Å². The molecule has 0 unspecified atom stereocenters. The van der Waals surface area contributed by atoms with Crippen molar-refractivity contribution in [3.63, 3.8) is 0 Å². The maximum absolute atomic E-state index is 13.4. The first-order valence-electron chi connectivity index (χ1n) is 11.7. The Morgan fingerprint density at radius 3 is 2.36 bits per heavy atom. The van der Waals surface area contributed by atoms with Crippen molar-refractivity contribution in [2.24, 2.45) is 0 Å². The second-order valence-electron chi connectivity index (χ2n) is 9.19. The fraction of sp³-hybridized carbons (Fsp3) is 0.207. The summed E-state index contributed by atoms with van der Waals surface area (Å²) in [7, 11) is 1.59. The number of aryl methyl sites for hydroxylation is 1. The number of hydrogen-bond acceptors (Lipinski definition) is 6. The first kappa shape index (κ1) is 23.8. The zero-order valence-electron chi connectivity index (χ0n) is 20.5. The first-order valence-corrected chi connectivity index (χ1v) is 12.5. The van der Waals surface area contributed by atoms with Gasteiger partial charge < -0.3 is 9.84 Å². The summed E-state index contributed by atoms with van der Waals surface area (Å²) in [6, 6.07) is 19.7. The summed E-state index contributed by atoms with van der Waals surface area (Å²) >= 11 is 1.31. The number of carbonyl (C=O) groups excluding carboxylic acids is 2. The molecule has 4 aromatic rings. The molecule has 0 bridgehead atoms. The average molecular weight is 499 g/mol. The first-order chi connectivity index (χ1) is 17.3. The van der Waals surface area contributed by atoms with E-state index in [0.717, 1.165) is 21.4 Å². The van der Waals surface area contributed by atoms with Gasteiger partial charge in [0.1, 0.15) is 11.5 Å². The van der Waals surface area contributed by atoms with E-state index in [1.54, 1.807) is 25.3 Å². The third kappa shape index (κ3) is 4.05. The highest BCUT2D eigenvalue weighted by atomic mass is 32.1. The van der Waals surface area contributed by atoms with Crippen molar-refractivity contribution in [1.29, 1.82) is 0 Å². The second-order valence-corrected chi connectivity index (χ2v) is 10.2. The molecule has 0 spiro atoms. The molecule has 1 aliphatic rings. The minimum absolute atomic E-state index is 0.0537. The van der Waals surface area contributed by atoms with Crippen LogP contribution in [0, 0.1) is 6.92 Å². The van der Waals surface area contributed by atoms with Crippen molar-refractivity contribution in [3.8, 4) is 5.75 Å². The molecule has 1 aliphatic heterocycles. The third-order valence-corrected chi connectivity index (χ3v) is 7.50. The van der Waals surface area contributed by atoms with Gasteiger partial charge in [-0.2, -0.15) is 0 Å². The van der Waals surface area contributed by atoms with E-state index in [1.165, 1.54) is 16.2 Å². The molecule has 0 radical (unpaired) electrons. The lowest BCUT2D eigenvalue weighted by atomic mass is 9.93. The standard InChI is InChI=1S/C29H26N2O4S/c1-16(2)18-9-11-19(12-10-18)25-24(26(32)20-7-5-17(3)6-8-20)27(33)28(34)31(25)29-30-22-14-13-21(35-4)15-23(22)36-29/h5-16,25,32H,1-4H3/t25-/m0/s1. The van der Waals surface area contributed by atoms with E-state index < -0.39 is 17.7 Å². The smallest absolute Gasteiger partial charge is 0.301 e. The zero-order chi connectivity index (χ0) is 25.6. The van der Waals surface area contributed by atoms with Crippen LogP contribution in [0.2, 0.25) is 0 Å². The minimum atomic E-state index is -0.810. The second kappa shape index (κ2) is 9.24. The number of amides is 1. The zero-order valence-corrected chi connectivity index (χ0v) is 21.3. The Kier molecular flexibility index (Phi) is 6.10. The molecule has 1 N–H and O–H groups in total. The van der Waals surface area contributed by atoms with Crippen LogP contribution >= 0.6 is 11.3 Å². The van der Waals surface area contributed by atoms with Crippen LogP contribution in [0.15, 0.2) is 72.3 Å². The van der Waals surface area contributed by atoms with Crippen LogP contribution in [0.25, 0.3) is 16.0 Å². The number of ketones is 1. The Bertz CT molecular complexity index is 1500. The summed E-state index contributed by atoms with van der Waals surface area (Å²) in [4.78, 5) is 32.9. The largest absolute Gasteiger partial charge is 0.507 e. The van der Waals surface area contributed by atoms with Crippen LogP contribution in [-0.2, 0) is 9.59 Å². The Hall–Kier alpha value is -3.97. The summed E-state index contributed by atoms with van der Waals surface area (Å²) in [5, 5.41) is 11.7. The Morgan fingerprint density at radius 2 is 1.72 bits per heavy atom. The number of thiazole rings is 1. The molecule has 1 aromatic heterocycles. The molecule has 6 nitrogen and oxygen atoms in total. The number of aliphatic hydroxyl groups excluding tert-OH is 1. The van der Waals surface area contributed by atoms with E-state index in [2.05, 4.69) is 18.8 Å². The lowest BCUT2D eigenvalue weighted by molar-refractivity contribution is -0.132. The summed E-state index contributed by atoms with van der Waals surface area (Å²) in [6.07, 6.45) is 0. The molecule has 0 aliphatic carbocycles. The van der Waals surface area contributed by atoms with Crippen LogP contribution in [0.4, 0.5) is 5.13 Å². The van der Waals surface area contributed by atoms with Crippen LogP contribution in [0.5, 0.6) is 5.75 Å². The average Bonchev–Trinajstić information content (AvgIpc) is 3.41. The molecule has 1 amide bonds. The summed E-state index contributed by atoms with van der Waals surface area (Å²) in [5.41, 5.74) is 4.13. The van der Waals surface area contributed by atoms with E-state index in [9.17, 15) is 14.7 Å². The number of hydrogen-bond donors (Lipinski definition) is 1. The molecule has 182 valence electrons. The number of aliphatic hydroxyl groups is 1. The van der Waals surface area contributed by atoms with E-state index in [1.807, 2.05) is 55.5 Å². The Balaban J connectivity index is 1.70. The van der Waals surface area contributed by atoms with E-state index in [-0.39, 0.29) is 11.3 Å². The van der Waals surface area contributed by atoms with Crippen molar-refractivity contribution in [2.75, 3.05) is 12.0 Å². The molecule has 0 saturated carbocycles. The minimum Gasteiger partial charge on any atom is -0.507 e. The molecule has 36 heavy (non-hydrogen) atoms. The molecular formula is C29H26N2O4S. The van der Waals surface area contributed by atoms with Gasteiger partial charge in [-0.1, -0.05) is 79.3 Å². The number of benzene rings is 3. The van der Waals surface area contributed by atoms with Crippen LogP contribution in [0.1, 0.15) is 48.1 Å². The topological polar surface area (TPSA) is 79.7 Å². The predicted octanol–water partition coefficient (Wildman–Crippen LogP) is 6.36. The molecule has 2 heterocycles. The van der Waals surface area contributed by atoms with Crippen molar-refractivity contribution >= 4 is 44.1 Å². The van der Waals surface area contributed by atoms with Crippen LogP contribution < -0.4 is 9.64 Å². The van der Waals surface area contributed by atoms with Crippen LogP contribution in [-0.4, -0.2) is 28.9 Å². The number of aromatic nitrogens is 1. The number of ether oxygens (including phenoxy) is 1. The van der Waals surface area contributed by atoms with Gasteiger partial charge in [0.25, 0.3) is 5.78 Å². The fourth-order valence-corrected chi connectivity index (χ4v) is 5.42. The fourth-order valence-electron chi connectivity index (χ4n) is 4.40. The number of Topliss-reactive ketones (excluding diaryl/α,β-unsaturated/α-hetero) is 1. The highest BCUT2D eigenvalue weighted by Crippen LogP contribution is 2.44.